The minimum atomic E-state index is 0.272. The predicted octanol–water partition coefficient (Wildman–Crippen LogP) is 2.42. The van der Waals surface area contributed by atoms with Crippen LogP contribution in [0.15, 0.2) is 30.7 Å². The third-order valence-corrected chi connectivity index (χ3v) is 5.18. The molecule has 6 nitrogen and oxygen atoms in total. The van der Waals surface area contributed by atoms with Gasteiger partial charge in [-0.3, -0.25) is 14.9 Å². The third-order valence-electron chi connectivity index (χ3n) is 5.18. The number of amides is 1. The number of aromatic nitrogens is 3. The van der Waals surface area contributed by atoms with E-state index in [2.05, 4.69) is 45.0 Å². The minimum absolute atomic E-state index is 0.272. The molecule has 140 valence electrons. The average molecular weight is 355 g/mol. The van der Waals surface area contributed by atoms with Gasteiger partial charge < -0.3 is 9.80 Å². The second-order valence-electron chi connectivity index (χ2n) is 7.43. The Labute approximate surface area is 155 Å². The van der Waals surface area contributed by atoms with Gasteiger partial charge in [-0.1, -0.05) is 6.07 Å². The topological polar surface area (TPSA) is 65.1 Å². The second-order valence-corrected chi connectivity index (χ2v) is 7.43. The fraction of sp³-hybridized carbons (Fsp3) is 0.550. The highest BCUT2D eigenvalue weighted by Crippen LogP contribution is 2.22. The smallest absolute Gasteiger partial charge is 0.223 e. The Hall–Kier alpha value is -2.21. The standard InChI is InChI=1S/C20H29N5O/c1-16-12-22-23-19(16)11-17-6-4-9-25(15-17)20(26)7-10-24(2)14-18-5-3-8-21-13-18/h3,5,8,12-13,17H,4,6-7,9-11,14-15H2,1-2H3,(H,22,23). The summed E-state index contributed by atoms with van der Waals surface area (Å²) in [6.45, 7) is 5.44. The van der Waals surface area contributed by atoms with Gasteiger partial charge in [0.25, 0.3) is 0 Å². The van der Waals surface area contributed by atoms with Gasteiger partial charge in [0, 0.05) is 50.7 Å². The number of aromatic amines is 1. The van der Waals surface area contributed by atoms with Gasteiger partial charge in [-0.2, -0.15) is 5.10 Å². The number of hydrogen-bond donors (Lipinski definition) is 1. The first-order chi connectivity index (χ1) is 12.6. The van der Waals surface area contributed by atoms with Crippen molar-refractivity contribution < 1.29 is 4.79 Å². The SMILES string of the molecule is Cc1cn[nH]c1CC1CCCN(C(=O)CCN(C)Cc2cccnc2)C1. The molecule has 1 unspecified atom stereocenters. The Morgan fingerprint density at radius 1 is 1.42 bits per heavy atom. The number of carbonyl (C=O) groups excluding carboxylic acids is 1. The number of pyridine rings is 1. The minimum Gasteiger partial charge on any atom is -0.342 e. The second kappa shape index (κ2) is 8.94. The maximum Gasteiger partial charge on any atom is 0.223 e. The van der Waals surface area contributed by atoms with Crippen LogP contribution in [0.5, 0.6) is 0 Å². The summed E-state index contributed by atoms with van der Waals surface area (Å²) in [5, 5.41) is 7.20. The summed E-state index contributed by atoms with van der Waals surface area (Å²) in [6, 6.07) is 4.02. The molecule has 1 amide bonds. The van der Waals surface area contributed by atoms with Crippen LogP contribution in [0.3, 0.4) is 0 Å². The number of piperidine rings is 1. The van der Waals surface area contributed by atoms with Crippen molar-refractivity contribution in [1.29, 1.82) is 0 Å². The van der Waals surface area contributed by atoms with Gasteiger partial charge in [-0.25, -0.2) is 0 Å². The molecule has 3 rings (SSSR count). The molecule has 0 saturated carbocycles. The molecule has 2 aromatic heterocycles. The van der Waals surface area contributed by atoms with Crippen molar-refractivity contribution in [1.82, 2.24) is 25.0 Å². The molecule has 3 heterocycles. The van der Waals surface area contributed by atoms with Gasteiger partial charge in [0.05, 0.1) is 6.20 Å². The van der Waals surface area contributed by atoms with Gasteiger partial charge in [-0.15, -0.1) is 0 Å². The van der Waals surface area contributed by atoms with Crippen LogP contribution in [-0.2, 0) is 17.8 Å². The molecular formula is C20H29N5O. The summed E-state index contributed by atoms with van der Waals surface area (Å²) in [4.78, 5) is 21.0. The molecule has 6 heteroatoms. The lowest BCUT2D eigenvalue weighted by Gasteiger charge is -2.33. The normalized spacial score (nSPS) is 17.7. The zero-order chi connectivity index (χ0) is 18.4. The molecule has 0 spiro atoms. The molecule has 0 radical (unpaired) electrons. The van der Waals surface area contributed by atoms with E-state index in [1.54, 1.807) is 6.20 Å². The van der Waals surface area contributed by atoms with Crippen molar-refractivity contribution in [2.75, 3.05) is 26.7 Å². The number of nitrogens with zero attached hydrogens (tertiary/aromatic N) is 4. The Balaban J connectivity index is 1.44. The van der Waals surface area contributed by atoms with Crippen LogP contribution in [0.1, 0.15) is 36.1 Å². The number of aryl methyl sites for hydroxylation is 1. The van der Waals surface area contributed by atoms with Crippen molar-refractivity contribution in [3.63, 3.8) is 0 Å². The Kier molecular flexibility index (Phi) is 6.39. The van der Waals surface area contributed by atoms with Crippen LogP contribution >= 0.6 is 0 Å². The molecule has 0 aliphatic carbocycles. The first kappa shape index (κ1) is 18.6. The van der Waals surface area contributed by atoms with Crippen LogP contribution in [0, 0.1) is 12.8 Å². The first-order valence-electron chi connectivity index (χ1n) is 9.46. The van der Waals surface area contributed by atoms with E-state index in [4.69, 9.17) is 0 Å². The van der Waals surface area contributed by atoms with Gasteiger partial charge in [0.1, 0.15) is 0 Å². The van der Waals surface area contributed by atoms with E-state index >= 15 is 0 Å². The van der Waals surface area contributed by atoms with Crippen LogP contribution in [-0.4, -0.2) is 57.6 Å². The van der Waals surface area contributed by atoms with E-state index in [0.717, 1.165) is 39.0 Å². The lowest BCUT2D eigenvalue weighted by Crippen LogP contribution is -2.41. The van der Waals surface area contributed by atoms with E-state index in [0.29, 0.717) is 12.3 Å². The molecule has 0 aromatic carbocycles. The zero-order valence-corrected chi connectivity index (χ0v) is 15.8. The predicted molar refractivity (Wildman–Crippen MR) is 102 cm³/mol. The van der Waals surface area contributed by atoms with Crippen molar-refractivity contribution in [2.45, 2.75) is 39.2 Å². The van der Waals surface area contributed by atoms with E-state index in [-0.39, 0.29) is 5.91 Å². The summed E-state index contributed by atoms with van der Waals surface area (Å²) in [6.07, 6.45) is 9.37. The third kappa shape index (κ3) is 5.14. The molecule has 1 N–H and O–H groups in total. The van der Waals surface area contributed by atoms with E-state index in [1.807, 2.05) is 18.5 Å². The van der Waals surface area contributed by atoms with Crippen LogP contribution in [0.4, 0.5) is 0 Å². The molecule has 1 aliphatic heterocycles. The van der Waals surface area contributed by atoms with Crippen molar-refractivity contribution >= 4 is 5.91 Å². The van der Waals surface area contributed by atoms with E-state index in [1.165, 1.54) is 23.2 Å². The van der Waals surface area contributed by atoms with Crippen molar-refractivity contribution in [3.05, 3.63) is 47.5 Å². The highest BCUT2D eigenvalue weighted by atomic mass is 16.2. The number of hydrogen-bond acceptors (Lipinski definition) is 4. The summed E-state index contributed by atoms with van der Waals surface area (Å²) in [7, 11) is 2.06. The molecular weight excluding hydrogens is 326 g/mol. The number of nitrogens with one attached hydrogen (secondary N) is 1. The maximum atomic E-state index is 12.6. The van der Waals surface area contributed by atoms with Crippen LogP contribution < -0.4 is 0 Å². The fourth-order valence-corrected chi connectivity index (χ4v) is 3.65. The first-order valence-corrected chi connectivity index (χ1v) is 9.46. The number of carbonyl (C=O) groups is 1. The summed E-state index contributed by atoms with van der Waals surface area (Å²) < 4.78 is 0. The summed E-state index contributed by atoms with van der Waals surface area (Å²) in [5.41, 5.74) is 3.60. The van der Waals surface area contributed by atoms with Gasteiger partial charge >= 0.3 is 0 Å². The Bertz CT molecular complexity index is 699. The lowest BCUT2D eigenvalue weighted by molar-refractivity contribution is -0.133. The zero-order valence-electron chi connectivity index (χ0n) is 15.8. The van der Waals surface area contributed by atoms with Crippen molar-refractivity contribution in [3.8, 4) is 0 Å². The largest absolute Gasteiger partial charge is 0.342 e. The van der Waals surface area contributed by atoms with Crippen molar-refractivity contribution in [2.24, 2.45) is 5.92 Å². The summed E-state index contributed by atoms with van der Waals surface area (Å²) >= 11 is 0. The number of rotatable bonds is 7. The lowest BCUT2D eigenvalue weighted by atomic mass is 9.92. The fourth-order valence-electron chi connectivity index (χ4n) is 3.65. The van der Waals surface area contributed by atoms with E-state index in [9.17, 15) is 4.79 Å². The van der Waals surface area contributed by atoms with Gasteiger partial charge in [-0.05, 0) is 56.3 Å². The highest BCUT2D eigenvalue weighted by Gasteiger charge is 2.24. The van der Waals surface area contributed by atoms with E-state index < -0.39 is 0 Å². The van der Waals surface area contributed by atoms with Crippen LogP contribution in [0.25, 0.3) is 0 Å². The molecule has 2 aromatic rings. The quantitative estimate of drug-likeness (QED) is 0.828. The van der Waals surface area contributed by atoms with Crippen LogP contribution in [0.2, 0.25) is 0 Å². The molecule has 1 fully saturated rings. The summed E-state index contributed by atoms with van der Waals surface area (Å²) in [5.74, 6) is 0.800. The van der Waals surface area contributed by atoms with Gasteiger partial charge in [0.2, 0.25) is 5.91 Å². The monoisotopic (exact) mass is 355 g/mol. The average Bonchev–Trinajstić information content (AvgIpc) is 3.05. The maximum absolute atomic E-state index is 12.6. The molecule has 1 saturated heterocycles. The molecule has 26 heavy (non-hydrogen) atoms. The molecule has 0 bridgehead atoms. The molecule has 1 atom stereocenters. The Morgan fingerprint density at radius 2 is 2.31 bits per heavy atom. The molecule has 1 aliphatic rings. The number of likely N-dealkylation sites (tertiary alicyclic amines) is 1. The highest BCUT2D eigenvalue weighted by molar-refractivity contribution is 5.76. The van der Waals surface area contributed by atoms with Gasteiger partial charge in [0.15, 0.2) is 0 Å². The Morgan fingerprint density at radius 3 is 3.04 bits per heavy atom. The number of H-pyrrole nitrogens is 1.